The maximum absolute atomic E-state index is 12.7. The van der Waals surface area contributed by atoms with Gasteiger partial charge < -0.3 is 5.32 Å². The molecule has 7 heteroatoms. The van der Waals surface area contributed by atoms with Crippen molar-refractivity contribution in [2.24, 2.45) is 0 Å². The third-order valence-corrected chi connectivity index (χ3v) is 5.61. The number of nitrogens with one attached hydrogen (secondary N) is 1. The fourth-order valence-corrected chi connectivity index (χ4v) is 3.90. The van der Waals surface area contributed by atoms with Crippen molar-refractivity contribution in [3.8, 4) is 0 Å². The minimum atomic E-state index is -3.69. The van der Waals surface area contributed by atoms with E-state index in [-0.39, 0.29) is 5.78 Å². The number of sulfonamides is 1. The molecule has 0 aliphatic rings. The first-order valence-corrected chi connectivity index (χ1v) is 10.3. The van der Waals surface area contributed by atoms with Crippen LogP contribution >= 0.6 is 0 Å². The molecule has 0 saturated heterocycles. The molecule has 0 aliphatic carbocycles. The predicted molar refractivity (Wildman–Crippen MR) is 108 cm³/mol. The normalized spacial score (nSPS) is 12.3. The molecule has 2 aromatic rings. The van der Waals surface area contributed by atoms with Crippen LogP contribution in [0.3, 0.4) is 0 Å². The van der Waals surface area contributed by atoms with Gasteiger partial charge in [0.25, 0.3) is 0 Å². The lowest BCUT2D eigenvalue weighted by molar-refractivity contribution is -0.116. The number of hydrogen-bond acceptors (Lipinski definition) is 4. The number of hydrogen-bond donors (Lipinski definition) is 1. The fraction of sp³-hybridized carbons (Fsp3) is 0.300. The van der Waals surface area contributed by atoms with E-state index in [9.17, 15) is 18.0 Å². The summed E-state index contributed by atoms with van der Waals surface area (Å²) in [6.07, 6.45) is 1.07. The molecule has 0 fully saturated rings. The monoisotopic (exact) mass is 388 g/mol. The SMILES string of the molecule is CC(=O)c1cccc(NC(=O)[C@@H](C)N(c2ccc(C)c(C)c2)S(C)(=O)=O)c1. The zero-order chi connectivity index (χ0) is 20.4. The van der Waals surface area contributed by atoms with Crippen LogP contribution in [0.1, 0.15) is 35.3 Å². The summed E-state index contributed by atoms with van der Waals surface area (Å²) in [7, 11) is -3.69. The Hall–Kier alpha value is -2.67. The number of nitrogens with zero attached hydrogens (tertiary/aromatic N) is 1. The maximum Gasteiger partial charge on any atom is 0.247 e. The van der Waals surface area contributed by atoms with Crippen LogP contribution < -0.4 is 9.62 Å². The van der Waals surface area contributed by atoms with Gasteiger partial charge in [0.2, 0.25) is 15.9 Å². The zero-order valence-electron chi connectivity index (χ0n) is 16.1. The quantitative estimate of drug-likeness (QED) is 0.770. The van der Waals surface area contributed by atoms with E-state index in [1.807, 2.05) is 19.9 Å². The smallest absolute Gasteiger partial charge is 0.247 e. The Bertz CT molecular complexity index is 983. The Morgan fingerprint density at radius 3 is 2.26 bits per heavy atom. The van der Waals surface area contributed by atoms with Crippen LogP contribution in [0.15, 0.2) is 42.5 Å². The second-order valence-electron chi connectivity index (χ2n) is 6.63. The minimum absolute atomic E-state index is 0.118. The van der Waals surface area contributed by atoms with E-state index in [0.717, 1.165) is 21.7 Å². The van der Waals surface area contributed by atoms with E-state index in [1.54, 1.807) is 36.4 Å². The van der Waals surface area contributed by atoms with Crippen LogP contribution in [0.2, 0.25) is 0 Å². The standard InChI is InChI=1S/C20H24N2O4S/c1-13-9-10-19(11-14(13)2)22(27(5,25)26)15(3)20(24)21-18-8-6-7-17(12-18)16(4)23/h6-12,15H,1-5H3,(H,21,24)/t15-/m1/s1. The van der Waals surface area contributed by atoms with Crippen LogP contribution in [-0.4, -0.2) is 32.4 Å². The van der Waals surface area contributed by atoms with Gasteiger partial charge in [-0.2, -0.15) is 0 Å². The number of ketones is 1. The van der Waals surface area contributed by atoms with Crippen molar-refractivity contribution in [1.82, 2.24) is 0 Å². The van der Waals surface area contributed by atoms with Gasteiger partial charge in [0, 0.05) is 11.3 Å². The molecular formula is C20H24N2O4S. The van der Waals surface area contributed by atoms with E-state index in [2.05, 4.69) is 5.32 Å². The molecule has 0 aromatic heterocycles. The highest BCUT2D eigenvalue weighted by Gasteiger charge is 2.29. The fourth-order valence-electron chi connectivity index (χ4n) is 2.73. The summed E-state index contributed by atoms with van der Waals surface area (Å²) in [5.41, 5.74) is 3.30. The van der Waals surface area contributed by atoms with Crippen LogP contribution in [0.25, 0.3) is 0 Å². The topological polar surface area (TPSA) is 83.6 Å². The molecule has 0 radical (unpaired) electrons. The summed E-state index contributed by atoms with van der Waals surface area (Å²) >= 11 is 0. The Morgan fingerprint density at radius 2 is 1.70 bits per heavy atom. The summed E-state index contributed by atoms with van der Waals surface area (Å²) in [5.74, 6) is -0.605. The average Bonchev–Trinajstić information content (AvgIpc) is 2.57. The van der Waals surface area contributed by atoms with Gasteiger partial charge in [0.15, 0.2) is 5.78 Å². The third-order valence-electron chi connectivity index (χ3n) is 4.37. The lowest BCUT2D eigenvalue weighted by Gasteiger charge is -2.28. The maximum atomic E-state index is 12.7. The molecule has 0 bridgehead atoms. The molecule has 2 rings (SSSR count). The van der Waals surface area contributed by atoms with Crippen LogP contribution in [0, 0.1) is 13.8 Å². The molecule has 1 N–H and O–H groups in total. The molecule has 1 amide bonds. The summed E-state index contributed by atoms with van der Waals surface area (Å²) in [5, 5.41) is 2.69. The van der Waals surface area contributed by atoms with Gasteiger partial charge in [-0.25, -0.2) is 8.42 Å². The van der Waals surface area contributed by atoms with E-state index in [4.69, 9.17) is 0 Å². The van der Waals surface area contributed by atoms with Crippen molar-refractivity contribution in [3.05, 3.63) is 59.2 Å². The van der Waals surface area contributed by atoms with Gasteiger partial charge in [-0.3, -0.25) is 13.9 Å². The van der Waals surface area contributed by atoms with Crippen LogP contribution in [-0.2, 0) is 14.8 Å². The van der Waals surface area contributed by atoms with E-state index < -0.39 is 22.0 Å². The van der Waals surface area contributed by atoms with E-state index in [1.165, 1.54) is 13.8 Å². The van der Waals surface area contributed by atoms with Gasteiger partial charge in [-0.1, -0.05) is 18.2 Å². The first-order chi connectivity index (χ1) is 12.5. The molecule has 27 heavy (non-hydrogen) atoms. The molecule has 0 spiro atoms. The number of amides is 1. The van der Waals surface area contributed by atoms with Crippen molar-refractivity contribution in [2.75, 3.05) is 15.9 Å². The number of rotatable bonds is 6. The largest absolute Gasteiger partial charge is 0.324 e. The van der Waals surface area contributed by atoms with Crippen molar-refractivity contribution in [1.29, 1.82) is 0 Å². The van der Waals surface area contributed by atoms with Gasteiger partial charge in [-0.05, 0) is 63.1 Å². The molecule has 0 unspecified atom stereocenters. The van der Waals surface area contributed by atoms with Gasteiger partial charge in [0.1, 0.15) is 6.04 Å². The van der Waals surface area contributed by atoms with Crippen molar-refractivity contribution >= 4 is 33.1 Å². The molecule has 0 heterocycles. The molecule has 1 atom stereocenters. The molecule has 0 saturated carbocycles. The molecule has 144 valence electrons. The average molecular weight is 388 g/mol. The number of aryl methyl sites for hydroxylation is 2. The summed E-state index contributed by atoms with van der Waals surface area (Å²) in [4.78, 5) is 24.2. The lowest BCUT2D eigenvalue weighted by atomic mass is 10.1. The Balaban J connectivity index is 2.33. The number of Topliss-reactive ketones (excluding diaryl/α,β-unsaturated/α-hetero) is 1. The molecule has 6 nitrogen and oxygen atoms in total. The highest BCUT2D eigenvalue weighted by Crippen LogP contribution is 2.24. The molecule has 0 aliphatic heterocycles. The van der Waals surface area contributed by atoms with E-state index in [0.29, 0.717) is 16.9 Å². The lowest BCUT2D eigenvalue weighted by Crippen LogP contribution is -2.45. The highest BCUT2D eigenvalue weighted by atomic mass is 32.2. The third kappa shape index (κ3) is 4.95. The first-order valence-electron chi connectivity index (χ1n) is 8.49. The summed E-state index contributed by atoms with van der Waals surface area (Å²) in [6, 6.07) is 10.8. The minimum Gasteiger partial charge on any atom is -0.324 e. The van der Waals surface area contributed by atoms with Crippen molar-refractivity contribution in [3.63, 3.8) is 0 Å². The second kappa shape index (κ2) is 7.92. The highest BCUT2D eigenvalue weighted by molar-refractivity contribution is 7.92. The van der Waals surface area contributed by atoms with Crippen LogP contribution in [0.5, 0.6) is 0 Å². The Kier molecular flexibility index (Phi) is 6.05. The molecular weight excluding hydrogens is 364 g/mol. The summed E-state index contributed by atoms with van der Waals surface area (Å²) in [6.45, 7) is 6.79. The number of anilines is 2. The number of benzene rings is 2. The van der Waals surface area contributed by atoms with Gasteiger partial charge >= 0.3 is 0 Å². The Morgan fingerprint density at radius 1 is 1.04 bits per heavy atom. The van der Waals surface area contributed by atoms with Crippen molar-refractivity contribution in [2.45, 2.75) is 33.7 Å². The summed E-state index contributed by atoms with van der Waals surface area (Å²) < 4.78 is 25.8. The number of carbonyl (C=O) groups is 2. The zero-order valence-corrected chi connectivity index (χ0v) is 16.9. The number of carbonyl (C=O) groups excluding carboxylic acids is 2. The van der Waals surface area contributed by atoms with E-state index >= 15 is 0 Å². The van der Waals surface area contributed by atoms with Gasteiger partial charge in [0.05, 0.1) is 11.9 Å². The molecule has 2 aromatic carbocycles. The predicted octanol–water partition coefficient (Wildman–Crippen LogP) is 3.30. The Labute approximate surface area is 160 Å². The first kappa shape index (κ1) is 20.6. The van der Waals surface area contributed by atoms with Crippen LogP contribution in [0.4, 0.5) is 11.4 Å². The van der Waals surface area contributed by atoms with Gasteiger partial charge in [-0.15, -0.1) is 0 Å². The van der Waals surface area contributed by atoms with Crippen molar-refractivity contribution < 1.29 is 18.0 Å². The second-order valence-corrected chi connectivity index (χ2v) is 8.49.